The summed E-state index contributed by atoms with van der Waals surface area (Å²) in [5, 5.41) is 0. The number of hydrogen-bond acceptors (Lipinski definition) is 2. The van der Waals surface area contributed by atoms with Crippen molar-refractivity contribution in [3.05, 3.63) is 0 Å². The molecule has 13 heavy (non-hydrogen) atoms. The van der Waals surface area contributed by atoms with E-state index in [2.05, 4.69) is 53.5 Å². The highest BCUT2D eigenvalue weighted by molar-refractivity contribution is 5.08. The lowest BCUT2D eigenvalue weighted by Gasteiger charge is -2.61. The quantitative estimate of drug-likeness (QED) is 0.654. The third-order valence-corrected chi connectivity index (χ3v) is 3.06. The van der Waals surface area contributed by atoms with Gasteiger partial charge in [0, 0.05) is 6.04 Å². The van der Waals surface area contributed by atoms with E-state index in [4.69, 9.17) is 4.74 Å². The Balaban J connectivity index is 2.77. The van der Waals surface area contributed by atoms with Crippen molar-refractivity contribution >= 4 is 0 Å². The average molecular weight is 185 g/mol. The largest absolute Gasteiger partial charge is 0.366 e. The van der Waals surface area contributed by atoms with Crippen LogP contribution in [0.4, 0.5) is 0 Å². The van der Waals surface area contributed by atoms with E-state index in [0.29, 0.717) is 12.1 Å². The van der Waals surface area contributed by atoms with Gasteiger partial charge in [-0.15, -0.1) is 0 Å². The molecule has 0 spiro atoms. The molecule has 78 valence electrons. The average Bonchev–Trinajstić information content (AvgIpc) is 1.81. The molecule has 1 heterocycles. The van der Waals surface area contributed by atoms with Gasteiger partial charge >= 0.3 is 0 Å². The second kappa shape index (κ2) is 2.96. The first-order chi connectivity index (χ1) is 5.68. The zero-order valence-electron chi connectivity index (χ0n) is 10.0. The minimum Gasteiger partial charge on any atom is -0.366 e. The molecule has 1 aliphatic rings. The van der Waals surface area contributed by atoms with Crippen molar-refractivity contribution in [2.24, 2.45) is 0 Å². The van der Waals surface area contributed by atoms with Gasteiger partial charge in [0.05, 0.1) is 17.2 Å². The van der Waals surface area contributed by atoms with Crippen LogP contribution in [0, 0.1) is 0 Å². The van der Waals surface area contributed by atoms with Crippen LogP contribution in [0.5, 0.6) is 0 Å². The molecule has 0 atom stereocenters. The van der Waals surface area contributed by atoms with Crippen molar-refractivity contribution in [2.75, 3.05) is 7.05 Å². The van der Waals surface area contributed by atoms with Crippen LogP contribution in [0.25, 0.3) is 0 Å². The molecule has 2 heteroatoms. The standard InChI is InChI=1S/C11H23NO/c1-8(2)12(7)9-10(3,4)13-11(9,5)6/h8-9H,1-7H3. The first-order valence-electron chi connectivity index (χ1n) is 5.10. The smallest absolute Gasteiger partial charge is 0.0816 e. The predicted molar refractivity (Wildman–Crippen MR) is 55.9 cm³/mol. The molecule has 0 aliphatic carbocycles. The lowest BCUT2D eigenvalue weighted by Crippen LogP contribution is -2.73. The van der Waals surface area contributed by atoms with Crippen LogP contribution in [0.1, 0.15) is 41.5 Å². The third kappa shape index (κ3) is 1.75. The first-order valence-corrected chi connectivity index (χ1v) is 5.10. The minimum atomic E-state index is 0.00250. The number of likely N-dealkylation sites (N-methyl/N-ethyl adjacent to an activating group) is 1. The van der Waals surface area contributed by atoms with E-state index >= 15 is 0 Å². The monoisotopic (exact) mass is 185 g/mol. The Hall–Kier alpha value is -0.0800. The fourth-order valence-corrected chi connectivity index (χ4v) is 2.85. The molecule has 0 amide bonds. The normalized spacial score (nSPS) is 26.5. The van der Waals surface area contributed by atoms with Gasteiger partial charge in [-0.05, 0) is 48.6 Å². The fourth-order valence-electron chi connectivity index (χ4n) is 2.85. The topological polar surface area (TPSA) is 12.5 Å². The number of hydrogen-bond donors (Lipinski definition) is 0. The van der Waals surface area contributed by atoms with Crippen LogP contribution < -0.4 is 0 Å². The summed E-state index contributed by atoms with van der Waals surface area (Å²) >= 11 is 0. The summed E-state index contributed by atoms with van der Waals surface area (Å²) < 4.78 is 5.86. The summed E-state index contributed by atoms with van der Waals surface area (Å²) in [6.07, 6.45) is 0. The molecule has 0 aromatic carbocycles. The lowest BCUT2D eigenvalue weighted by molar-refractivity contribution is -0.296. The predicted octanol–water partition coefficient (Wildman–Crippen LogP) is 2.28. The SMILES string of the molecule is CC(C)N(C)C1C(C)(C)OC1(C)C. The van der Waals surface area contributed by atoms with E-state index in [0.717, 1.165) is 0 Å². The Morgan fingerprint density at radius 2 is 1.46 bits per heavy atom. The Morgan fingerprint density at radius 3 is 1.62 bits per heavy atom. The first kappa shape index (κ1) is 11.0. The second-order valence-electron chi connectivity index (χ2n) is 5.47. The Bertz CT molecular complexity index is 182. The summed E-state index contributed by atoms with van der Waals surface area (Å²) in [5.74, 6) is 0. The van der Waals surface area contributed by atoms with Gasteiger partial charge in [-0.25, -0.2) is 0 Å². The van der Waals surface area contributed by atoms with Crippen LogP contribution in [-0.2, 0) is 4.74 Å². The van der Waals surface area contributed by atoms with E-state index < -0.39 is 0 Å². The van der Waals surface area contributed by atoms with Gasteiger partial charge in [-0.2, -0.15) is 0 Å². The molecule has 0 bridgehead atoms. The zero-order valence-corrected chi connectivity index (χ0v) is 10.0. The lowest BCUT2D eigenvalue weighted by atomic mass is 9.76. The van der Waals surface area contributed by atoms with Crippen LogP contribution in [0.3, 0.4) is 0 Å². The van der Waals surface area contributed by atoms with E-state index in [1.165, 1.54) is 0 Å². The molecule has 0 aromatic rings. The van der Waals surface area contributed by atoms with Crippen molar-refractivity contribution in [1.29, 1.82) is 0 Å². The molecule has 1 fully saturated rings. The Kier molecular flexibility index (Phi) is 2.50. The third-order valence-electron chi connectivity index (χ3n) is 3.06. The second-order valence-corrected chi connectivity index (χ2v) is 5.47. The molecule has 0 saturated carbocycles. The maximum atomic E-state index is 5.86. The van der Waals surface area contributed by atoms with E-state index in [-0.39, 0.29) is 11.2 Å². The van der Waals surface area contributed by atoms with Gasteiger partial charge in [0.15, 0.2) is 0 Å². The van der Waals surface area contributed by atoms with Crippen LogP contribution >= 0.6 is 0 Å². The fraction of sp³-hybridized carbons (Fsp3) is 1.00. The Morgan fingerprint density at radius 1 is 1.08 bits per heavy atom. The molecule has 0 unspecified atom stereocenters. The van der Waals surface area contributed by atoms with Gasteiger partial charge in [0.25, 0.3) is 0 Å². The molecular formula is C11H23NO. The van der Waals surface area contributed by atoms with Crippen molar-refractivity contribution in [3.8, 4) is 0 Å². The van der Waals surface area contributed by atoms with Crippen molar-refractivity contribution in [1.82, 2.24) is 4.90 Å². The highest BCUT2D eigenvalue weighted by Crippen LogP contribution is 2.44. The van der Waals surface area contributed by atoms with E-state index in [1.54, 1.807) is 0 Å². The van der Waals surface area contributed by atoms with Crippen LogP contribution in [0.2, 0.25) is 0 Å². The number of rotatable bonds is 2. The molecular weight excluding hydrogens is 162 g/mol. The van der Waals surface area contributed by atoms with Gasteiger partial charge < -0.3 is 4.74 Å². The summed E-state index contributed by atoms with van der Waals surface area (Å²) in [5.41, 5.74) is 0.00500. The molecule has 1 saturated heterocycles. The van der Waals surface area contributed by atoms with Gasteiger partial charge in [0.2, 0.25) is 0 Å². The Labute approximate surface area is 82.3 Å². The summed E-state index contributed by atoms with van der Waals surface area (Å²) in [6.45, 7) is 13.1. The maximum Gasteiger partial charge on any atom is 0.0816 e. The van der Waals surface area contributed by atoms with Crippen molar-refractivity contribution < 1.29 is 4.74 Å². The molecule has 1 aliphatic heterocycles. The number of ether oxygens (including phenoxy) is 1. The highest BCUT2D eigenvalue weighted by Gasteiger charge is 2.56. The zero-order chi connectivity index (χ0) is 10.4. The molecule has 2 nitrogen and oxygen atoms in total. The van der Waals surface area contributed by atoms with Gasteiger partial charge in [-0.3, -0.25) is 4.90 Å². The number of nitrogens with zero attached hydrogens (tertiary/aromatic N) is 1. The van der Waals surface area contributed by atoms with Crippen LogP contribution in [0.15, 0.2) is 0 Å². The van der Waals surface area contributed by atoms with Gasteiger partial charge in [0.1, 0.15) is 0 Å². The van der Waals surface area contributed by atoms with Crippen molar-refractivity contribution in [3.63, 3.8) is 0 Å². The molecule has 1 rings (SSSR count). The molecule has 0 aromatic heterocycles. The molecule has 0 N–H and O–H groups in total. The van der Waals surface area contributed by atoms with Gasteiger partial charge in [-0.1, -0.05) is 0 Å². The highest BCUT2D eigenvalue weighted by atomic mass is 16.6. The van der Waals surface area contributed by atoms with E-state index in [1.807, 2.05) is 0 Å². The van der Waals surface area contributed by atoms with Crippen LogP contribution in [-0.4, -0.2) is 35.2 Å². The molecule has 0 radical (unpaired) electrons. The summed E-state index contributed by atoms with van der Waals surface area (Å²) in [4.78, 5) is 2.41. The van der Waals surface area contributed by atoms with Crippen molar-refractivity contribution in [2.45, 2.75) is 64.8 Å². The summed E-state index contributed by atoms with van der Waals surface area (Å²) in [7, 11) is 2.18. The minimum absolute atomic E-state index is 0.00250. The van der Waals surface area contributed by atoms with E-state index in [9.17, 15) is 0 Å². The summed E-state index contributed by atoms with van der Waals surface area (Å²) in [6, 6.07) is 1.09. The maximum absolute atomic E-state index is 5.86.